The lowest BCUT2D eigenvalue weighted by atomic mass is 10.2. The fourth-order valence-electron chi connectivity index (χ4n) is 1.57. The molecule has 0 fully saturated rings. The zero-order valence-corrected chi connectivity index (χ0v) is 9.04. The van der Waals surface area contributed by atoms with Gasteiger partial charge in [0.1, 0.15) is 0 Å². The Labute approximate surface area is 95.7 Å². The van der Waals surface area contributed by atoms with E-state index in [4.69, 9.17) is 5.73 Å². The first-order valence-electron chi connectivity index (χ1n) is 4.93. The summed E-state index contributed by atoms with van der Waals surface area (Å²) in [7, 11) is 0. The molecule has 6 heteroatoms. The lowest BCUT2D eigenvalue weighted by molar-refractivity contribution is 0.446. The number of nitrogens with zero attached hydrogens (tertiary/aromatic N) is 2. The topological polar surface area (TPSA) is 43.8 Å². The van der Waals surface area contributed by atoms with E-state index >= 15 is 0 Å². The van der Waals surface area contributed by atoms with E-state index in [1.165, 1.54) is 10.9 Å². The highest BCUT2D eigenvalue weighted by Crippen LogP contribution is 2.19. The minimum absolute atomic E-state index is 0.124. The van der Waals surface area contributed by atoms with Crippen LogP contribution in [0.1, 0.15) is 11.3 Å². The molecule has 0 atom stereocenters. The van der Waals surface area contributed by atoms with Crippen molar-refractivity contribution in [2.45, 2.75) is 13.5 Å². The Morgan fingerprint density at radius 3 is 2.29 bits per heavy atom. The van der Waals surface area contributed by atoms with Crippen LogP contribution in [0.3, 0.4) is 0 Å². The summed E-state index contributed by atoms with van der Waals surface area (Å²) in [6.07, 6.45) is 1.51. The number of benzene rings is 1. The molecule has 1 aromatic carbocycles. The molecule has 0 saturated heterocycles. The number of nitrogens with two attached hydrogens (primary N) is 1. The summed E-state index contributed by atoms with van der Waals surface area (Å²) in [4.78, 5) is 0. The minimum Gasteiger partial charge on any atom is -0.326 e. The molecule has 0 unspecified atom stereocenters. The normalized spacial score (nSPS) is 10.9. The first-order valence-corrected chi connectivity index (χ1v) is 4.93. The molecule has 0 radical (unpaired) electrons. The standard InChI is InChI=1S/C11H10F3N3/c1-6-7(4-15)5-16-17(6)8-2-9(12)11(14)10(13)3-8/h2-3,5H,4,15H2,1H3. The Morgan fingerprint density at radius 2 is 1.82 bits per heavy atom. The molecule has 90 valence electrons. The highest BCUT2D eigenvalue weighted by molar-refractivity contribution is 5.36. The molecule has 2 rings (SSSR count). The molecule has 3 nitrogen and oxygen atoms in total. The fraction of sp³-hybridized carbons (Fsp3) is 0.182. The number of hydrogen-bond acceptors (Lipinski definition) is 2. The van der Waals surface area contributed by atoms with Crippen molar-refractivity contribution < 1.29 is 13.2 Å². The van der Waals surface area contributed by atoms with E-state index in [9.17, 15) is 13.2 Å². The Balaban J connectivity index is 2.57. The van der Waals surface area contributed by atoms with Crippen LogP contribution in [0.25, 0.3) is 5.69 Å². The summed E-state index contributed by atoms with van der Waals surface area (Å²) in [5, 5.41) is 3.95. The third kappa shape index (κ3) is 1.91. The van der Waals surface area contributed by atoms with Gasteiger partial charge in [-0.15, -0.1) is 0 Å². The monoisotopic (exact) mass is 241 g/mol. The molecule has 2 N–H and O–H groups in total. The Hall–Kier alpha value is -1.82. The number of aromatic nitrogens is 2. The quantitative estimate of drug-likeness (QED) is 0.818. The second kappa shape index (κ2) is 4.21. The van der Waals surface area contributed by atoms with E-state index in [2.05, 4.69) is 5.10 Å². The molecule has 1 aromatic heterocycles. The van der Waals surface area contributed by atoms with E-state index < -0.39 is 17.5 Å². The molecular weight excluding hydrogens is 231 g/mol. The van der Waals surface area contributed by atoms with E-state index in [1.54, 1.807) is 6.92 Å². The van der Waals surface area contributed by atoms with Crippen LogP contribution in [-0.4, -0.2) is 9.78 Å². The predicted molar refractivity (Wildman–Crippen MR) is 56.1 cm³/mol. The van der Waals surface area contributed by atoms with E-state index in [-0.39, 0.29) is 12.2 Å². The molecule has 0 saturated carbocycles. The summed E-state index contributed by atoms with van der Waals surface area (Å²) in [6.45, 7) is 1.99. The second-order valence-electron chi connectivity index (χ2n) is 3.59. The summed E-state index contributed by atoms with van der Waals surface area (Å²) in [5.74, 6) is -3.98. The Kier molecular flexibility index (Phi) is 2.89. The summed E-state index contributed by atoms with van der Waals surface area (Å²) in [5.41, 5.74) is 7.01. The lowest BCUT2D eigenvalue weighted by Crippen LogP contribution is -2.04. The maximum atomic E-state index is 13.1. The van der Waals surface area contributed by atoms with E-state index in [0.717, 1.165) is 17.7 Å². The summed E-state index contributed by atoms with van der Waals surface area (Å²) >= 11 is 0. The zero-order chi connectivity index (χ0) is 12.6. The summed E-state index contributed by atoms with van der Waals surface area (Å²) < 4.78 is 40.2. The van der Waals surface area contributed by atoms with Gasteiger partial charge in [0, 0.05) is 29.9 Å². The van der Waals surface area contributed by atoms with Crippen molar-refractivity contribution in [3.05, 3.63) is 47.0 Å². The Morgan fingerprint density at radius 1 is 1.24 bits per heavy atom. The van der Waals surface area contributed by atoms with Crippen molar-refractivity contribution in [1.29, 1.82) is 0 Å². The van der Waals surface area contributed by atoms with Crippen molar-refractivity contribution in [3.63, 3.8) is 0 Å². The van der Waals surface area contributed by atoms with Gasteiger partial charge in [-0.2, -0.15) is 5.10 Å². The molecule has 17 heavy (non-hydrogen) atoms. The van der Waals surface area contributed by atoms with Gasteiger partial charge in [0.05, 0.1) is 11.9 Å². The van der Waals surface area contributed by atoms with Gasteiger partial charge in [-0.05, 0) is 6.92 Å². The molecule has 0 spiro atoms. The van der Waals surface area contributed by atoms with E-state index in [1.807, 2.05) is 0 Å². The first kappa shape index (κ1) is 11.7. The van der Waals surface area contributed by atoms with Gasteiger partial charge < -0.3 is 5.73 Å². The van der Waals surface area contributed by atoms with Gasteiger partial charge in [0.15, 0.2) is 17.5 Å². The predicted octanol–water partition coefficient (Wildman–Crippen LogP) is 2.06. The molecule has 0 aliphatic rings. The number of rotatable bonds is 2. The molecule has 0 amide bonds. The number of halogens is 3. The third-order valence-electron chi connectivity index (χ3n) is 2.54. The largest absolute Gasteiger partial charge is 0.326 e. The smallest absolute Gasteiger partial charge is 0.194 e. The highest BCUT2D eigenvalue weighted by atomic mass is 19.2. The van der Waals surface area contributed by atoms with Crippen molar-refractivity contribution in [2.24, 2.45) is 5.73 Å². The van der Waals surface area contributed by atoms with Crippen molar-refractivity contribution in [3.8, 4) is 5.69 Å². The maximum absolute atomic E-state index is 13.1. The maximum Gasteiger partial charge on any atom is 0.194 e. The van der Waals surface area contributed by atoms with Crippen LogP contribution >= 0.6 is 0 Å². The SMILES string of the molecule is Cc1c(CN)cnn1-c1cc(F)c(F)c(F)c1. The third-order valence-corrected chi connectivity index (χ3v) is 2.54. The molecular formula is C11H10F3N3. The van der Waals surface area contributed by atoms with E-state index in [0.29, 0.717) is 5.69 Å². The van der Waals surface area contributed by atoms with Crippen molar-refractivity contribution in [1.82, 2.24) is 9.78 Å². The number of hydrogen-bond donors (Lipinski definition) is 1. The summed E-state index contributed by atoms with van der Waals surface area (Å²) in [6, 6.07) is 1.78. The average molecular weight is 241 g/mol. The van der Waals surface area contributed by atoms with Gasteiger partial charge in [0.25, 0.3) is 0 Å². The van der Waals surface area contributed by atoms with Crippen LogP contribution in [-0.2, 0) is 6.54 Å². The average Bonchev–Trinajstić information content (AvgIpc) is 2.66. The molecule has 0 bridgehead atoms. The van der Waals surface area contributed by atoms with Gasteiger partial charge in [-0.25, -0.2) is 17.9 Å². The Bertz CT molecular complexity index is 540. The first-order chi connectivity index (χ1) is 8.04. The van der Waals surface area contributed by atoms with Gasteiger partial charge >= 0.3 is 0 Å². The van der Waals surface area contributed by atoms with Crippen molar-refractivity contribution in [2.75, 3.05) is 0 Å². The molecule has 1 heterocycles. The molecule has 0 aliphatic carbocycles. The van der Waals surface area contributed by atoms with Crippen LogP contribution in [0.5, 0.6) is 0 Å². The van der Waals surface area contributed by atoms with Crippen LogP contribution in [0.15, 0.2) is 18.3 Å². The van der Waals surface area contributed by atoms with Crippen LogP contribution < -0.4 is 5.73 Å². The van der Waals surface area contributed by atoms with Crippen LogP contribution in [0.4, 0.5) is 13.2 Å². The molecule has 2 aromatic rings. The minimum atomic E-state index is -1.49. The highest BCUT2D eigenvalue weighted by Gasteiger charge is 2.14. The van der Waals surface area contributed by atoms with Crippen LogP contribution in [0, 0.1) is 24.4 Å². The van der Waals surface area contributed by atoms with Gasteiger partial charge in [-0.3, -0.25) is 0 Å². The lowest BCUT2D eigenvalue weighted by Gasteiger charge is -2.06. The fourth-order valence-corrected chi connectivity index (χ4v) is 1.57. The second-order valence-corrected chi connectivity index (χ2v) is 3.59. The molecule has 0 aliphatic heterocycles. The van der Waals surface area contributed by atoms with Gasteiger partial charge in [-0.1, -0.05) is 0 Å². The zero-order valence-electron chi connectivity index (χ0n) is 9.04. The van der Waals surface area contributed by atoms with Crippen LogP contribution in [0.2, 0.25) is 0 Å². The van der Waals surface area contributed by atoms with Gasteiger partial charge in [0.2, 0.25) is 0 Å². The van der Waals surface area contributed by atoms with Crippen molar-refractivity contribution >= 4 is 0 Å².